The number of nitrogens with zero attached hydrogens (tertiary/aromatic N) is 2. The van der Waals surface area contributed by atoms with E-state index in [0.29, 0.717) is 23.1 Å². The number of piperidine rings is 1. The molecule has 2 aliphatic heterocycles. The van der Waals surface area contributed by atoms with Crippen molar-refractivity contribution in [2.24, 2.45) is 23.0 Å². The van der Waals surface area contributed by atoms with Crippen LogP contribution in [0.15, 0.2) is 18.2 Å². The standard InChI is InChI=1S/C23H31N3O2/c1-14(24)21(28)25-7-6-23-12-22(9-16-4-5-17(27)8-18(16)23)13-26(10-15-2-3-15)20(22)19(23)11-25/h4-5,8,14-15,19-20,27H,2-3,6-7,9-13,24H2,1H3/t14-,19-,20-,22?,23-/m0/s1. The normalized spacial score (nSPS) is 39.6. The highest BCUT2D eigenvalue weighted by Crippen LogP contribution is 2.68. The summed E-state index contributed by atoms with van der Waals surface area (Å²) in [5, 5.41) is 10.2. The zero-order valence-electron chi connectivity index (χ0n) is 16.7. The minimum Gasteiger partial charge on any atom is -0.508 e. The first kappa shape index (κ1) is 17.3. The van der Waals surface area contributed by atoms with Crippen molar-refractivity contribution in [3.05, 3.63) is 29.3 Å². The quantitative estimate of drug-likeness (QED) is 0.839. The minimum absolute atomic E-state index is 0.0922. The molecule has 1 aromatic rings. The lowest BCUT2D eigenvalue weighted by atomic mass is 9.61. The fraction of sp³-hybridized carbons (Fsp3) is 0.696. The van der Waals surface area contributed by atoms with Gasteiger partial charge in [0.25, 0.3) is 0 Å². The lowest BCUT2D eigenvalue weighted by molar-refractivity contribution is -0.136. The first-order valence-corrected chi connectivity index (χ1v) is 11.0. The first-order chi connectivity index (χ1) is 13.4. The van der Waals surface area contributed by atoms with E-state index in [1.165, 1.54) is 43.5 Å². The third kappa shape index (κ3) is 2.18. The number of aromatic hydroxyl groups is 1. The zero-order valence-corrected chi connectivity index (χ0v) is 16.7. The Kier molecular flexibility index (Phi) is 3.40. The number of hydrogen-bond acceptors (Lipinski definition) is 4. The van der Waals surface area contributed by atoms with E-state index in [4.69, 9.17) is 5.73 Å². The second kappa shape index (κ2) is 5.51. The van der Waals surface area contributed by atoms with Gasteiger partial charge < -0.3 is 15.7 Å². The summed E-state index contributed by atoms with van der Waals surface area (Å²) in [6.45, 7) is 5.87. The maximum atomic E-state index is 12.7. The van der Waals surface area contributed by atoms with E-state index in [2.05, 4.69) is 11.0 Å². The Morgan fingerprint density at radius 2 is 2.21 bits per heavy atom. The van der Waals surface area contributed by atoms with Crippen molar-refractivity contribution in [2.45, 2.75) is 56.5 Å². The second-order valence-corrected chi connectivity index (χ2v) is 10.5. The summed E-state index contributed by atoms with van der Waals surface area (Å²) < 4.78 is 0. The zero-order chi connectivity index (χ0) is 19.3. The molecule has 3 N–H and O–H groups in total. The summed E-state index contributed by atoms with van der Waals surface area (Å²) in [6.07, 6.45) is 6.13. The van der Waals surface area contributed by atoms with E-state index in [1.54, 1.807) is 6.92 Å². The molecule has 0 radical (unpaired) electrons. The highest BCUT2D eigenvalue weighted by atomic mass is 16.3. The second-order valence-electron chi connectivity index (χ2n) is 10.5. The van der Waals surface area contributed by atoms with Crippen LogP contribution in [0.4, 0.5) is 0 Å². The van der Waals surface area contributed by atoms with Crippen LogP contribution in [0.5, 0.6) is 5.75 Å². The van der Waals surface area contributed by atoms with Gasteiger partial charge in [-0.25, -0.2) is 0 Å². The predicted octanol–water partition coefficient (Wildman–Crippen LogP) is 1.87. The summed E-state index contributed by atoms with van der Waals surface area (Å²) in [5.41, 5.74) is 9.25. The van der Waals surface area contributed by atoms with Crippen molar-refractivity contribution in [1.29, 1.82) is 0 Å². The average molecular weight is 382 g/mol. The highest BCUT2D eigenvalue weighted by Gasteiger charge is 2.71. The molecule has 2 bridgehead atoms. The number of nitrogens with two attached hydrogens (primary N) is 1. The minimum atomic E-state index is -0.427. The van der Waals surface area contributed by atoms with E-state index in [9.17, 15) is 9.90 Å². The smallest absolute Gasteiger partial charge is 0.239 e. The van der Waals surface area contributed by atoms with Gasteiger partial charge in [0.15, 0.2) is 0 Å². The molecule has 5 atom stereocenters. The van der Waals surface area contributed by atoms with Crippen LogP contribution in [0.3, 0.4) is 0 Å². The molecule has 0 aromatic heterocycles. The van der Waals surface area contributed by atoms with Gasteiger partial charge in [0.05, 0.1) is 6.04 Å². The van der Waals surface area contributed by atoms with Crippen LogP contribution in [0.25, 0.3) is 0 Å². The summed E-state index contributed by atoms with van der Waals surface area (Å²) in [4.78, 5) is 17.5. The van der Waals surface area contributed by atoms with Crippen LogP contribution in [0.2, 0.25) is 0 Å². The Balaban J connectivity index is 1.41. The molecule has 2 saturated heterocycles. The van der Waals surface area contributed by atoms with Crippen molar-refractivity contribution >= 4 is 5.91 Å². The van der Waals surface area contributed by atoms with E-state index in [0.717, 1.165) is 31.8 Å². The van der Waals surface area contributed by atoms with Crippen molar-refractivity contribution < 1.29 is 9.90 Å². The molecule has 5 aliphatic rings. The summed E-state index contributed by atoms with van der Waals surface area (Å²) in [6, 6.07) is 6.20. The lowest BCUT2D eigenvalue weighted by Gasteiger charge is -2.57. The van der Waals surface area contributed by atoms with Crippen LogP contribution in [-0.2, 0) is 16.6 Å². The van der Waals surface area contributed by atoms with Gasteiger partial charge in [0.1, 0.15) is 5.75 Å². The topological polar surface area (TPSA) is 69.8 Å². The molecule has 2 saturated carbocycles. The molecule has 6 rings (SSSR count). The van der Waals surface area contributed by atoms with Crippen molar-refractivity contribution in [2.75, 3.05) is 26.2 Å². The van der Waals surface area contributed by atoms with Gasteiger partial charge in [0.2, 0.25) is 5.91 Å². The number of amides is 1. The first-order valence-electron chi connectivity index (χ1n) is 11.0. The van der Waals surface area contributed by atoms with Gasteiger partial charge in [-0.2, -0.15) is 0 Å². The molecule has 3 aliphatic carbocycles. The largest absolute Gasteiger partial charge is 0.508 e. The Labute approximate surface area is 166 Å². The maximum absolute atomic E-state index is 12.7. The number of carbonyl (C=O) groups is 1. The summed E-state index contributed by atoms with van der Waals surface area (Å²) in [7, 11) is 0. The fourth-order valence-electron chi connectivity index (χ4n) is 7.50. The molecule has 5 nitrogen and oxygen atoms in total. The van der Waals surface area contributed by atoms with Crippen LogP contribution < -0.4 is 5.73 Å². The molecular weight excluding hydrogens is 350 g/mol. The van der Waals surface area contributed by atoms with Gasteiger partial charge in [-0.3, -0.25) is 9.69 Å². The third-order valence-electron chi connectivity index (χ3n) is 8.61. The molecule has 2 heterocycles. The molecule has 4 fully saturated rings. The van der Waals surface area contributed by atoms with E-state index in [1.807, 2.05) is 17.0 Å². The van der Waals surface area contributed by atoms with E-state index >= 15 is 0 Å². The van der Waals surface area contributed by atoms with Gasteiger partial charge in [-0.15, -0.1) is 0 Å². The van der Waals surface area contributed by atoms with Crippen LogP contribution in [0, 0.1) is 17.3 Å². The molecule has 2 spiro atoms. The molecule has 1 aromatic carbocycles. The number of carbonyl (C=O) groups excluding carboxylic acids is 1. The average Bonchev–Trinajstić information content (AvgIpc) is 3.44. The SMILES string of the molecule is C[C@H](N)C(=O)N1CC[C@]23CC4(Cc5ccc(O)cc52)CN(CC2CC2)[C@H]4[C@@H]3C1. The maximum Gasteiger partial charge on any atom is 0.239 e. The van der Waals surface area contributed by atoms with Gasteiger partial charge >= 0.3 is 0 Å². The monoisotopic (exact) mass is 381 g/mol. The van der Waals surface area contributed by atoms with Crippen LogP contribution in [-0.4, -0.2) is 59.1 Å². The number of rotatable bonds is 3. The number of phenolic OH excluding ortho intramolecular Hbond substituents is 1. The Hall–Kier alpha value is -1.59. The van der Waals surface area contributed by atoms with Crippen LogP contribution >= 0.6 is 0 Å². The molecule has 28 heavy (non-hydrogen) atoms. The molecule has 1 amide bonds. The number of benzene rings is 1. The molecule has 1 unspecified atom stereocenters. The molecule has 5 heteroatoms. The van der Waals surface area contributed by atoms with E-state index in [-0.39, 0.29) is 11.3 Å². The Bertz CT molecular complexity index is 850. The Morgan fingerprint density at radius 3 is 2.96 bits per heavy atom. The predicted molar refractivity (Wildman–Crippen MR) is 107 cm³/mol. The van der Waals surface area contributed by atoms with Crippen molar-refractivity contribution in [3.8, 4) is 5.75 Å². The lowest BCUT2D eigenvalue weighted by Crippen LogP contribution is -2.66. The van der Waals surface area contributed by atoms with Gasteiger partial charge in [-0.05, 0) is 68.2 Å². The van der Waals surface area contributed by atoms with Gasteiger partial charge in [0, 0.05) is 49.0 Å². The van der Waals surface area contributed by atoms with Gasteiger partial charge in [-0.1, -0.05) is 6.07 Å². The van der Waals surface area contributed by atoms with Crippen molar-refractivity contribution in [1.82, 2.24) is 9.80 Å². The number of hydrogen-bond donors (Lipinski definition) is 2. The Morgan fingerprint density at radius 1 is 1.39 bits per heavy atom. The number of phenols is 1. The fourth-order valence-corrected chi connectivity index (χ4v) is 7.50. The van der Waals surface area contributed by atoms with E-state index < -0.39 is 6.04 Å². The molecule has 150 valence electrons. The summed E-state index contributed by atoms with van der Waals surface area (Å²) in [5.74, 6) is 1.82. The van der Waals surface area contributed by atoms with Crippen LogP contribution in [0.1, 0.15) is 43.7 Å². The van der Waals surface area contributed by atoms with Crippen molar-refractivity contribution in [3.63, 3.8) is 0 Å². The highest BCUT2D eigenvalue weighted by molar-refractivity contribution is 5.81. The molecular formula is C23H31N3O2. The number of likely N-dealkylation sites (tertiary alicyclic amines) is 2. The summed E-state index contributed by atoms with van der Waals surface area (Å²) >= 11 is 0. The third-order valence-corrected chi connectivity index (χ3v) is 8.61. The number of fused-ring (bicyclic) bond motifs is 2.